The summed E-state index contributed by atoms with van der Waals surface area (Å²) in [7, 11) is 1.65. The molecule has 0 aliphatic carbocycles. The van der Waals surface area contributed by atoms with Gasteiger partial charge in [0.15, 0.2) is 0 Å². The number of methoxy groups -OCH3 is 1. The molecule has 1 atom stereocenters. The Morgan fingerprint density at radius 2 is 1.73 bits per heavy atom. The van der Waals surface area contributed by atoms with Gasteiger partial charge in [-0.1, -0.05) is 26.0 Å². The van der Waals surface area contributed by atoms with E-state index in [1.807, 2.05) is 41.3 Å². The number of aromatic nitrogens is 2. The van der Waals surface area contributed by atoms with Crippen molar-refractivity contribution in [2.75, 3.05) is 53.1 Å². The van der Waals surface area contributed by atoms with Crippen LogP contribution >= 0.6 is 0 Å². The number of carbonyl (C=O) groups is 1. The highest BCUT2D eigenvalue weighted by atomic mass is 16.5. The van der Waals surface area contributed by atoms with Crippen molar-refractivity contribution in [1.82, 2.24) is 20.0 Å². The number of hydrogen-bond acceptors (Lipinski definition) is 6. The second kappa shape index (κ2) is 11.4. The predicted molar refractivity (Wildman–Crippen MR) is 142 cm³/mol. The Bertz CT molecular complexity index is 1180. The molecule has 196 valence electrons. The molecule has 5 rings (SSSR count). The molecule has 8 heteroatoms. The SMILES string of the molecule is COc1ccc(-c2n[nH]c3c2C(c2ccc(OCCC(C)C)cc2)N(CCN2CCOCC2)C3=O)cc1. The van der Waals surface area contributed by atoms with Gasteiger partial charge in [-0.3, -0.25) is 14.8 Å². The fraction of sp³-hybridized carbons (Fsp3) is 0.448. The number of fused-ring (bicyclic) bond motifs is 1. The molecule has 0 bridgehead atoms. The summed E-state index contributed by atoms with van der Waals surface area (Å²) in [6.07, 6.45) is 1.01. The number of amides is 1. The van der Waals surface area contributed by atoms with Gasteiger partial charge in [0.1, 0.15) is 17.2 Å². The first kappa shape index (κ1) is 25.3. The normalized spacial score (nSPS) is 17.9. The van der Waals surface area contributed by atoms with Crippen LogP contribution in [-0.4, -0.2) is 79.0 Å². The zero-order valence-electron chi connectivity index (χ0n) is 21.9. The Labute approximate surface area is 218 Å². The number of rotatable bonds is 10. The molecule has 3 heterocycles. The van der Waals surface area contributed by atoms with Gasteiger partial charge in [-0.15, -0.1) is 0 Å². The first-order valence-corrected chi connectivity index (χ1v) is 13.1. The van der Waals surface area contributed by atoms with Crippen molar-refractivity contribution in [1.29, 1.82) is 0 Å². The van der Waals surface area contributed by atoms with E-state index in [9.17, 15) is 4.79 Å². The van der Waals surface area contributed by atoms with E-state index < -0.39 is 0 Å². The fourth-order valence-electron chi connectivity index (χ4n) is 4.98. The molecule has 1 amide bonds. The Kier molecular flexibility index (Phi) is 7.76. The number of morpholine rings is 1. The molecule has 2 aliphatic rings. The molecule has 1 N–H and O–H groups in total. The van der Waals surface area contributed by atoms with Gasteiger partial charge in [-0.2, -0.15) is 5.10 Å². The Balaban J connectivity index is 1.45. The minimum atomic E-state index is -0.232. The van der Waals surface area contributed by atoms with Gasteiger partial charge < -0.3 is 19.1 Å². The summed E-state index contributed by atoms with van der Waals surface area (Å²) in [6.45, 7) is 9.75. The molecular formula is C29H36N4O4. The lowest BCUT2D eigenvalue weighted by molar-refractivity contribution is 0.0316. The first-order chi connectivity index (χ1) is 18.0. The molecule has 1 saturated heterocycles. The van der Waals surface area contributed by atoms with Crippen LogP contribution in [0, 0.1) is 5.92 Å². The highest BCUT2D eigenvalue weighted by Crippen LogP contribution is 2.43. The summed E-state index contributed by atoms with van der Waals surface area (Å²) in [5.41, 5.74) is 4.27. The lowest BCUT2D eigenvalue weighted by Gasteiger charge is -2.31. The number of hydrogen-bond donors (Lipinski definition) is 1. The number of nitrogens with one attached hydrogen (secondary N) is 1. The average Bonchev–Trinajstić information content (AvgIpc) is 3.47. The van der Waals surface area contributed by atoms with E-state index in [1.165, 1.54) is 0 Å². The van der Waals surface area contributed by atoms with E-state index in [0.29, 0.717) is 24.8 Å². The second-order valence-electron chi connectivity index (χ2n) is 10.0. The summed E-state index contributed by atoms with van der Waals surface area (Å²) < 4.78 is 16.8. The zero-order valence-corrected chi connectivity index (χ0v) is 21.9. The van der Waals surface area contributed by atoms with Crippen molar-refractivity contribution in [3.63, 3.8) is 0 Å². The number of H-pyrrole nitrogens is 1. The van der Waals surface area contributed by atoms with E-state index in [0.717, 1.165) is 73.2 Å². The second-order valence-corrected chi connectivity index (χ2v) is 10.0. The van der Waals surface area contributed by atoms with Crippen LogP contribution < -0.4 is 9.47 Å². The lowest BCUT2D eigenvalue weighted by Crippen LogP contribution is -2.42. The molecule has 2 aliphatic heterocycles. The topological polar surface area (TPSA) is 79.9 Å². The molecule has 0 saturated carbocycles. The fourth-order valence-corrected chi connectivity index (χ4v) is 4.98. The van der Waals surface area contributed by atoms with Crippen LogP contribution in [0.15, 0.2) is 48.5 Å². The van der Waals surface area contributed by atoms with E-state index in [-0.39, 0.29) is 11.9 Å². The third kappa shape index (κ3) is 5.50. The van der Waals surface area contributed by atoms with Gasteiger partial charge in [0.25, 0.3) is 5.91 Å². The van der Waals surface area contributed by atoms with Gasteiger partial charge in [-0.25, -0.2) is 0 Å². The summed E-state index contributed by atoms with van der Waals surface area (Å²) in [5.74, 6) is 2.21. The predicted octanol–water partition coefficient (Wildman–Crippen LogP) is 4.39. The van der Waals surface area contributed by atoms with Crippen LogP contribution in [0.1, 0.15) is 47.9 Å². The molecule has 1 aromatic heterocycles. The summed E-state index contributed by atoms with van der Waals surface area (Å²) in [6, 6.07) is 15.7. The number of nitrogens with zero attached hydrogens (tertiary/aromatic N) is 3. The van der Waals surface area contributed by atoms with E-state index in [2.05, 4.69) is 41.1 Å². The summed E-state index contributed by atoms with van der Waals surface area (Å²) >= 11 is 0. The Hall–Kier alpha value is -3.36. The summed E-state index contributed by atoms with van der Waals surface area (Å²) in [5, 5.41) is 7.63. The molecule has 1 fully saturated rings. The number of benzene rings is 2. The molecule has 8 nitrogen and oxygen atoms in total. The van der Waals surface area contributed by atoms with Crippen molar-refractivity contribution in [2.45, 2.75) is 26.3 Å². The van der Waals surface area contributed by atoms with Crippen molar-refractivity contribution < 1.29 is 19.0 Å². The molecular weight excluding hydrogens is 468 g/mol. The van der Waals surface area contributed by atoms with Crippen LogP contribution in [-0.2, 0) is 4.74 Å². The van der Waals surface area contributed by atoms with Crippen LogP contribution in [0.4, 0.5) is 0 Å². The maximum atomic E-state index is 13.6. The maximum Gasteiger partial charge on any atom is 0.273 e. The highest BCUT2D eigenvalue weighted by molar-refractivity contribution is 6.00. The molecule has 0 spiro atoms. The number of aromatic amines is 1. The third-order valence-corrected chi connectivity index (χ3v) is 7.15. The molecule has 37 heavy (non-hydrogen) atoms. The van der Waals surface area contributed by atoms with Crippen LogP contribution in [0.25, 0.3) is 11.3 Å². The van der Waals surface area contributed by atoms with E-state index >= 15 is 0 Å². The largest absolute Gasteiger partial charge is 0.497 e. The van der Waals surface area contributed by atoms with Crippen molar-refractivity contribution >= 4 is 5.91 Å². The van der Waals surface area contributed by atoms with E-state index in [1.54, 1.807) is 7.11 Å². The quantitative estimate of drug-likeness (QED) is 0.441. The maximum absolute atomic E-state index is 13.6. The van der Waals surface area contributed by atoms with Crippen molar-refractivity contribution in [3.05, 3.63) is 65.4 Å². The summed E-state index contributed by atoms with van der Waals surface area (Å²) in [4.78, 5) is 18.0. The van der Waals surface area contributed by atoms with Crippen LogP contribution in [0.5, 0.6) is 11.5 Å². The highest BCUT2D eigenvalue weighted by Gasteiger charge is 2.42. The van der Waals surface area contributed by atoms with E-state index in [4.69, 9.17) is 14.2 Å². The van der Waals surface area contributed by atoms with Gasteiger partial charge in [0.2, 0.25) is 0 Å². The molecule has 2 aromatic carbocycles. The van der Waals surface area contributed by atoms with Gasteiger partial charge in [0, 0.05) is 37.3 Å². The van der Waals surface area contributed by atoms with Crippen molar-refractivity contribution in [3.8, 4) is 22.8 Å². The first-order valence-electron chi connectivity index (χ1n) is 13.1. The third-order valence-electron chi connectivity index (χ3n) is 7.15. The smallest absolute Gasteiger partial charge is 0.273 e. The minimum absolute atomic E-state index is 0.0159. The molecule has 3 aromatic rings. The van der Waals surface area contributed by atoms with Crippen molar-refractivity contribution in [2.24, 2.45) is 5.92 Å². The lowest BCUT2D eigenvalue weighted by atomic mass is 9.96. The van der Waals surface area contributed by atoms with Gasteiger partial charge in [-0.05, 0) is 54.3 Å². The van der Waals surface area contributed by atoms with Gasteiger partial charge >= 0.3 is 0 Å². The number of carbonyl (C=O) groups excluding carboxylic acids is 1. The Morgan fingerprint density at radius 3 is 2.41 bits per heavy atom. The average molecular weight is 505 g/mol. The molecule has 1 unspecified atom stereocenters. The Morgan fingerprint density at radius 1 is 1.03 bits per heavy atom. The van der Waals surface area contributed by atoms with Crippen LogP contribution in [0.3, 0.4) is 0 Å². The standard InChI is InChI=1S/C29H36N4O4/c1-20(2)12-17-37-24-10-6-22(7-11-24)28-25-26(21-4-8-23(35-3)9-5-21)30-31-27(25)29(34)33(28)14-13-32-15-18-36-19-16-32/h4-11,20,28H,12-19H2,1-3H3,(H,30,31). The minimum Gasteiger partial charge on any atom is -0.497 e. The zero-order chi connectivity index (χ0) is 25.8. The van der Waals surface area contributed by atoms with Gasteiger partial charge in [0.05, 0.1) is 38.7 Å². The monoisotopic (exact) mass is 504 g/mol. The molecule has 0 radical (unpaired) electrons. The van der Waals surface area contributed by atoms with Crippen LogP contribution in [0.2, 0.25) is 0 Å². The number of ether oxygens (including phenoxy) is 3.